The van der Waals surface area contributed by atoms with Crippen LogP contribution in [-0.2, 0) is 4.79 Å². The van der Waals surface area contributed by atoms with Crippen LogP contribution in [0.2, 0.25) is 0 Å². The topological polar surface area (TPSA) is 80.2 Å². The standard InChI is InChI=1S/C12H16N2O4/c1-8(15)12(16)14-13-7-9-5-4-6-10(17-2)11(9)18-3/h4-8,15H,1-3H3,(H,14,16)/b13-7-/t8-/m1/s1. The number of carbonyl (C=O) groups is 1. The van der Waals surface area contributed by atoms with Gasteiger partial charge >= 0.3 is 0 Å². The van der Waals surface area contributed by atoms with E-state index in [9.17, 15) is 4.79 Å². The van der Waals surface area contributed by atoms with E-state index in [-0.39, 0.29) is 0 Å². The maximum absolute atomic E-state index is 11.1. The second kappa shape index (κ2) is 6.61. The Morgan fingerprint density at radius 3 is 2.72 bits per heavy atom. The van der Waals surface area contributed by atoms with Gasteiger partial charge in [-0.3, -0.25) is 4.79 Å². The summed E-state index contributed by atoms with van der Waals surface area (Å²) in [6.45, 7) is 1.36. The van der Waals surface area contributed by atoms with Gasteiger partial charge in [-0.05, 0) is 19.1 Å². The first-order valence-corrected chi connectivity index (χ1v) is 5.32. The zero-order valence-corrected chi connectivity index (χ0v) is 10.5. The van der Waals surface area contributed by atoms with Gasteiger partial charge in [0.1, 0.15) is 6.10 Å². The van der Waals surface area contributed by atoms with Gasteiger partial charge in [0.2, 0.25) is 0 Å². The molecule has 0 aliphatic rings. The zero-order chi connectivity index (χ0) is 13.5. The van der Waals surface area contributed by atoms with Gasteiger partial charge < -0.3 is 14.6 Å². The van der Waals surface area contributed by atoms with E-state index in [1.807, 2.05) is 0 Å². The van der Waals surface area contributed by atoms with E-state index < -0.39 is 12.0 Å². The molecule has 1 rings (SSSR count). The molecule has 1 atom stereocenters. The number of methoxy groups -OCH3 is 2. The lowest BCUT2D eigenvalue weighted by Gasteiger charge is -2.09. The Kier molecular flexibility index (Phi) is 5.13. The van der Waals surface area contributed by atoms with Gasteiger partial charge in [-0.15, -0.1) is 0 Å². The minimum Gasteiger partial charge on any atom is -0.493 e. The molecular weight excluding hydrogens is 236 g/mol. The third-order valence-corrected chi connectivity index (χ3v) is 2.19. The quantitative estimate of drug-likeness (QED) is 0.592. The number of nitrogens with zero attached hydrogens (tertiary/aromatic N) is 1. The van der Waals surface area contributed by atoms with E-state index in [1.54, 1.807) is 18.2 Å². The number of amides is 1. The molecule has 0 aliphatic heterocycles. The van der Waals surface area contributed by atoms with Crippen LogP contribution in [0, 0.1) is 0 Å². The van der Waals surface area contributed by atoms with Crippen molar-refractivity contribution >= 4 is 12.1 Å². The molecule has 0 bridgehead atoms. The van der Waals surface area contributed by atoms with Crippen molar-refractivity contribution in [3.8, 4) is 11.5 Å². The summed E-state index contributed by atoms with van der Waals surface area (Å²) in [4.78, 5) is 11.1. The molecule has 2 N–H and O–H groups in total. The smallest absolute Gasteiger partial charge is 0.268 e. The molecule has 0 saturated heterocycles. The molecule has 0 heterocycles. The third kappa shape index (κ3) is 3.46. The number of nitrogens with one attached hydrogen (secondary N) is 1. The number of benzene rings is 1. The highest BCUT2D eigenvalue weighted by molar-refractivity contribution is 5.87. The van der Waals surface area contributed by atoms with Crippen LogP contribution in [0.1, 0.15) is 12.5 Å². The summed E-state index contributed by atoms with van der Waals surface area (Å²) >= 11 is 0. The van der Waals surface area contributed by atoms with E-state index in [0.717, 1.165) is 0 Å². The molecule has 0 spiro atoms. The van der Waals surface area contributed by atoms with E-state index in [0.29, 0.717) is 17.1 Å². The lowest BCUT2D eigenvalue weighted by Crippen LogP contribution is -2.28. The molecule has 0 unspecified atom stereocenters. The van der Waals surface area contributed by atoms with Crippen LogP contribution in [0.3, 0.4) is 0 Å². The summed E-state index contributed by atoms with van der Waals surface area (Å²) in [5.74, 6) is 0.520. The Morgan fingerprint density at radius 2 is 2.17 bits per heavy atom. The number of hydrogen-bond donors (Lipinski definition) is 2. The van der Waals surface area contributed by atoms with Crippen molar-refractivity contribution in [3.05, 3.63) is 23.8 Å². The first-order valence-electron chi connectivity index (χ1n) is 5.32. The number of para-hydroxylation sites is 1. The van der Waals surface area contributed by atoms with Crippen molar-refractivity contribution < 1.29 is 19.4 Å². The van der Waals surface area contributed by atoms with Gasteiger partial charge in [-0.2, -0.15) is 5.10 Å². The fourth-order valence-corrected chi connectivity index (χ4v) is 1.27. The molecule has 0 aromatic heterocycles. The van der Waals surface area contributed by atoms with Gasteiger partial charge in [0, 0.05) is 5.56 Å². The lowest BCUT2D eigenvalue weighted by atomic mass is 10.2. The van der Waals surface area contributed by atoms with Crippen molar-refractivity contribution in [1.29, 1.82) is 0 Å². The van der Waals surface area contributed by atoms with Gasteiger partial charge in [0.05, 0.1) is 20.4 Å². The number of aliphatic hydroxyl groups is 1. The first kappa shape index (κ1) is 14.0. The number of rotatable bonds is 5. The fraction of sp³-hybridized carbons (Fsp3) is 0.333. The average molecular weight is 252 g/mol. The third-order valence-electron chi connectivity index (χ3n) is 2.19. The Morgan fingerprint density at radius 1 is 1.44 bits per heavy atom. The van der Waals surface area contributed by atoms with E-state index >= 15 is 0 Å². The number of ether oxygens (including phenoxy) is 2. The van der Waals surface area contributed by atoms with Crippen molar-refractivity contribution in [2.45, 2.75) is 13.0 Å². The Labute approximate surface area is 105 Å². The molecule has 18 heavy (non-hydrogen) atoms. The molecule has 6 nitrogen and oxygen atoms in total. The molecule has 0 fully saturated rings. The molecule has 0 aliphatic carbocycles. The fourth-order valence-electron chi connectivity index (χ4n) is 1.27. The van der Waals surface area contributed by atoms with Crippen molar-refractivity contribution in [3.63, 3.8) is 0 Å². The molecule has 1 amide bonds. The Hall–Kier alpha value is -2.08. The van der Waals surface area contributed by atoms with Crippen molar-refractivity contribution in [2.24, 2.45) is 5.10 Å². The summed E-state index contributed by atoms with van der Waals surface area (Å²) in [7, 11) is 3.05. The molecule has 1 aromatic rings. The van der Waals surface area contributed by atoms with Crippen LogP contribution in [0.25, 0.3) is 0 Å². The average Bonchev–Trinajstić information content (AvgIpc) is 2.37. The van der Waals surface area contributed by atoms with Crippen LogP contribution in [0.15, 0.2) is 23.3 Å². The molecule has 98 valence electrons. The van der Waals surface area contributed by atoms with Crippen LogP contribution in [0.5, 0.6) is 11.5 Å². The maximum Gasteiger partial charge on any atom is 0.268 e. The van der Waals surface area contributed by atoms with Crippen molar-refractivity contribution in [2.75, 3.05) is 14.2 Å². The predicted molar refractivity (Wildman–Crippen MR) is 67.0 cm³/mol. The molecule has 6 heteroatoms. The normalized spacial score (nSPS) is 12.2. The summed E-state index contributed by atoms with van der Waals surface area (Å²) in [5.41, 5.74) is 2.86. The van der Waals surface area contributed by atoms with Crippen LogP contribution >= 0.6 is 0 Å². The summed E-state index contributed by atoms with van der Waals surface area (Å²) in [6.07, 6.45) is 0.316. The number of aliphatic hydroxyl groups excluding tert-OH is 1. The molecular formula is C12H16N2O4. The second-order valence-corrected chi connectivity index (χ2v) is 3.49. The number of hydrogen-bond acceptors (Lipinski definition) is 5. The lowest BCUT2D eigenvalue weighted by molar-refractivity contribution is -0.128. The largest absolute Gasteiger partial charge is 0.493 e. The highest BCUT2D eigenvalue weighted by Crippen LogP contribution is 2.29. The highest BCUT2D eigenvalue weighted by Gasteiger charge is 2.08. The van der Waals surface area contributed by atoms with E-state index in [1.165, 1.54) is 27.4 Å². The van der Waals surface area contributed by atoms with Crippen LogP contribution in [0.4, 0.5) is 0 Å². The van der Waals surface area contributed by atoms with E-state index in [4.69, 9.17) is 14.6 Å². The van der Waals surface area contributed by atoms with Gasteiger partial charge in [0.25, 0.3) is 5.91 Å². The molecule has 1 aromatic carbocycles. The van der Waals surface area contributed by atoms with Crippen molar-refractivity contribution in [1.82, 2.24) is 5.43 Å². The van der Waals surface area contributed by atoms with Gasteiger partial charge in [-0.25, -0.2) is 5.43 Å². The summed E-state index contributed by atoms with van der Waals surface area (Å²) in [6, 6.07) is 5.29. The zero-order valence-electron chi connectivity index (χ0n) is 10.5. The van der Waals surface area contributed by atoms with Crippen LogP contribution < -0.4 is 14.9 Å². The SMILES string of the molecule is COc1cccc(/C=N\NC(=O)[C@@H](C)O)c1OC. The van der Waals surface area contributed by atoms with Gasteiger partial charge in [0.15, 0.2) is 11.5 Å². The second-order valence-electron chi connectivity index (χ2n) is 3.49. The predicted octanol–water partition coefficient (Wildman–Crippen LogP) is 0.535. The molecule has 0 radical (unpaired) electrons. The Balaban J connectivity index is 2.84. The summed E-state index contributed by atoms with van der Waals surface area (Å²) in [5, 5.41) is 12.7. The number of carbonyl (C=O) groups excluding carboxylic acids is 1. The monoisotopic (exact) mass is 252 g/mol. The van der Waals surface area contributed by atoms with Gasteiger partial charge in [-0.1, -0.05) is 6.07 Å². The number of hydrazone groups is 1. The first-order chi connectivity index (χ1) is 8.60. The molecule has 0 saturated carbocycles. The van der Waals surface area contributed by atoms with Crippen LogP contribution in [-0.4, -0.2) is 37.6 Å². The maximum atomic E-state index is 11.1. The van der Waals surface area contributed by atoms with E-state index in [2.05, 4.69) is 10.5 Å². The summed E-state index contributed by atoms with van der Waals surface area (Å²) < 4.78 is 10.3. The Bertz CT molecular complexity index is 444. The minimum absolute atomic E-state index is 0.523. The minimum atomic E-state index is -1.10. The highest BCUT2D eigenvalue weighted by atomic mass is 16.5.